The van der Waals surface area contributed by atoms with Crippen LogP contribution in [0.15, 0.2) is 23.8 Å². The molecule has 0 bridgehead atoms. The second-order valence-electron chi connectivity index (χ2n) is 8.20. The minimum Gasteiger partial charge on any atom is -0.504 e. The van der Waals surface area contributed by atoms with E-state index in [-0.39, 0.29) is 17.3 Å². The van der Waals surface area contributed by atoms with Gasteiger partial charge in [0.2, 0.25) is 0 Å². The van der Waals surface area contributed by atoms with Crippen molar-refractivity contribution in [3.8, 4) is 11.5 Å². The fourth-order valence-corrected chi connectivity index (χ4v) is 4.42. The number of aromatic hydroxyl groups is 1. The van der Waals surface area contributed by atoms with E-state index in [1.54, 1.807) is 12.1 Å². The number of ether oxygens (including phenoxy) is 2. The lowest BCUT2D eigenvalue weighted by Crippen LogP contribution is -2.41. The molecule has 0 aliphatic carbocycles. The molecule has 2 aliphatic rings. The van der Waals surface area contributed by atoms with Gasteiger partial charge < -0.3 is 14.6 Å². The Kier molecular flexibility index (Phi) is 5.80. The number of benzene rings is 1. The highest BCUT2D eigenvalue weighted by atomic mass is 16.5. The Balaban J connectivity index is 1.72. The number of hydrogen-bond donors (Lipinski definition) is 1. The van der Waals surface area contributed by atoms with Crippen LogP contribution in [-0.4, -0.2) is 48.3 Å². The summed E-state index contributed by atoms with van der Waals surface area (Å²) in [5.74, 6) is 0.410. The maximum Gasteiger partial charge on any atom is 0.338 e. The van der Waals surface area contributed by atoms with Crippen molar-refractivity contribution in [3.63, 3.8) is 0 Å². The van der Waals surface area contributed by atoms with Gasteiger partial charge in [-0.2, -0.15) is 0 Å². The first-order valence-electron chi connectivity index (χ1n) is 9.80. The molecule has 2 unspecified atom stereocenters. The zero-order chi connectivity index (χ0) is 19.6. The van der Waals surface area contributed by atoms with Gasteiger partial charge in [-0.05, 0) is 71.7 Å². The van der Waals surface area contributed by atoms with Gasteiger partial charge in [0, 0.05) is 17.0 Å². The highest BCUT2D eigenvalue weighted by Gasteiger charge is 2.47. The summed E-state index contributed by atoms with van der Waals surface area (Å²) in [6.45, 7) is 9.00. The molecule has 1 aromatic rings. The van der Waals surface area contributed by atoms with Crippen molar-refractivity contribution in [1.29, 1.82) is 0 Å². The van der Waals surface area contributed by atoms with Crippen LogP contribution in [-0.2, 0) is 11.2 Å². The molecule has 5 nitrogen and oxygen atoms in total. The number of carbonyl (C=O) groups excluding carboxylic acids is 1. The number of allylic oxidation sites excluding steroid dienone is 2. The molecule has 3 rings (SSSR count). The van der Waals surface area contributed by atoms with E-state index in [1.165, 1.54) is 20.0 Å². The van der Waals surface area contributed by atoms with Crippen LogP contribution in [0.3, 0.4) is 0 Å². The summed E-state index contributed by atoms with van der Waals surface area (Å²) in [5, 5.41) is 10.3. The number of rotatable bonds is 6. The molecule has 2 aliphatic heterocycles. The van der Waals surface area contributed by atoms with E-state index >= 15 is 0 Å². The fraction of sp³-hybridized carbons (Fsp3) is 0.591. The summed E-state index contributed by atoms with van der Waals surface area (Å²) in [6, 6.07) is 3.26. The lowest BCUT2D eigenvalue weighted by molar-refractivity contribution is 0.0346. The van der Waals surface area contributed by atoms with Gasteiger partial charge >= 0.3 is 5.97 Å². The molecule has 2 fully saturated rings. The monoisotopic (exact) mass is 373 g/mol. The van der Waals surface area contributed by atoms with Gasteiger partial charge in [-0.25, -0.2) is 4.79 Å². The van der Waals surface area contributed by atoms with E-state index in [9.17, 15) is 9.90 Å². The van der Waals surface area contributed by atoms with Crippen LogP contribution in [0.1, 0.15) is 56.0 Å². The SMILES string of the molecule is COc1cc(C(=O)OCC2CCN3CCCC23C)cc(CC=C(C)C)c1O. The van der Waals surface area contributed by atoms with Crippen molar-refractivity contribution < 1.29 is 19.4 Å². The van der Waals surface area contributed by atoms with Crippen molar-refractivity contribution in [3.05, 3.63) is 34.9 Å². The van der Waals surface area contributed by atoms with Crippen LogP contribution in [0.5, 0.6) is 11.5 Å². The van der Waals surface area contributed by atoms with Gasteiger partial charge in [-0.3, -0.25) is 4.90 Å². The zero-order valence-electron chi connectivity index (χ0n) is 16.9. The molecule has 0 spiro atoms. The Labute approximate surface area is 162 Å². The predicted octanol–water partition coefficient (Wildman–Crippen LogP) is 3.94. The quantitative estimate of drug-likeness (QED) is 0.605. The summed E-state index contributed by atoms with van der Waals surface area (Å²) < 4.78 is 10.9. The van der Waals surface area contributed by atoms with Crippen LogP contribution in [0, 0.1) is 5.92 Å². The number of nitrogens with zero attached hydrogens (tertiary/aromatic N) is 1. The largest absolute Gasteiger partial charge is 0.504 e. The number of esters is 1. The molecule has 5 heteroatoms. The fourth-order valence-electron chi connectivity index (χ4n) is 4.42. The van der Waals surface area contributed by atoms with E-state index in [0.717, 1.165) is 25.1 Å². The Morgan fingerprint density at radius 2 is 2.15 bits per heavy atom. The Hall–Kier alpha value is -2.01. The molecule has 2 saturated heterocycles. The van der Waals surface area contributed by atoms with E-state index in [1.807, 2.05) is 19.9 Å². The minimum absolute atomic E-state index is 0.0800. The molecule has 1 aromatic carbocycles. The molecular weight excluding hydrogens is 342 g/mol. The van der Waals surface area contributed by atoms with Gasteiger partial charge in [-0.15, -0.1) is 0 Å². The van der Waals surface area contributed by atoms with Gasteiger partial charge in [0.05, 0.1) is 19.3 Å². The first-order chi connectivity index (χ1) is 12.8. The lowest BCUT2D eigenvalue weighted by Gasteiger charge is -2.33. The van der Waals surface area contributed by atoms with Crippen LogP contribution in [0.4, 0.5) is 0 Å². The van der Waals surface area contributed by atoms with Crippen LogP contribution < -0.4 is 4.74 Å². The summed E-state index contributed by atoms with van der Waals surface area (Å²) >= 11 is 0. The smallest absolute Gasteiger partial charge is 0.338 e. The Morgan fingerprint density at radius 1 is 1.37 bits per heavy atom. The predicted molar refractivity (Wildman–Crippen MR) is 105 cm³/mol. The maximum absolute atomic E-state index is 12.7. The molecule has 2 atom stereocenters. The summed E-state index contributed by atoms with van der Waals surface area (Å²) in [7, 11) is 1.49. The minimum atomic E-state index is -0.355. The van der Waals surface area contributed by atoms with Gasteiger partial charge in [0.1, 0.15) is 0 Å². The maximum atomic E-state index is 12.7. The number of carbonyl (C=O) groups is 1. The van der Waals surface area contributed by atoms with E-state index in [0.29, 0.717) is 35.8 Å². The molecule has 0 saturated carbocycles. The average molecular weight is 373 g/mol. The molecule has 148 valence electrons. The zero-order valence-corrected chi connectivity index (χ0v) is 16.9. The molecule has 2 heterocycles. The molecule has 0 amide bonds. The molecule has 1 N–H and O–H groups in total. The second-order valence-corrected chi connectivity index (χ2v) is 8.20. The number of phenolic OH excluding ortho intramolecular Hbond substituents is 1. The second kappa shape index (κ2) is 7.93. The highest BCUT2D eigenvalue weighted by molar-refractivity contribution is 5.90. The standard InChI is InChI=1S/C22H31NO4/c1-15(2)6-7-16-12-17(13-19(26-4)20(16)24)21(25)27-14-18-8-11-23-10-5-9-22(18,23)3/h6,12-13,18,24H,5,7-11,14H2,1-4H3. The topological polar surface area (TPSA) is 59.0 Å². The van der Waals surface area contributed by atoms with Crippen molar-refractivity contribution in [1.82, 2.24) is 4.90 Å². The molecular formula is C22H31NO4. The Morgan fingerprint density at radius 3 is 2.85 bits per heavy atom. The van der Waals surface area contributed by atoms with Crippen molar-refractivity contribution in [2.24, 2.45) is 5.92 Å². The van der Waals surface area contributed by atoms with E-state index in [2.05, 4.69) is 11.8 Å². The van der Waals surface area contributed by atoms with Gasteiger partial charge in [-0.1, -0.05) is 11.6 Å². The number of phenols is 1. The van der Waals surface area contributed by atoms with Crippen molar-refractivity contribution >= 4 is 5.97 Å². The molecule has 0 aromatic heterocycles. The normalized spacial score (nSPS) is 24.5. The van der Waals surface area contributed by atoms with Crippen LogP contribution >= 0.6 is 0 Å². The number of fused-ring (bicyclic) bond motifs is 1. The Bertz CT molecular complexity index is 738. The van der Waals surface area contributed by atoms with E-state index in [4.69, 9.17) is 9.47 Å². The third kappa shape index (κ3) is 3.98. The molecule has 27 heavy (non-hydrogen) atoms. The summed E-state index contributed by atoms with van der Waals surface area (Å²) in [5.41, 5.74) is 2.41. The lowest BCUT2D eigenvalue weighted by atomic mass is 9.85. The van der Waals surface area contributed by atoms with Gasteiger partial charge in [0.15, 0.2) is 11.5 Å². The number of hydrogen-bond acceptors (Lipinski definition) is 5. The first kappa shape index (κ1) is 19.7. The third-order valence-corrected chi connectivity index (χ3v) is 6.22. The van der Waals surface area contributed by atoms with E-state index < -0.39 is 0 Å². The highest BCUT2D eigenvalue weighted by Crippen LogP contribution is 2.43. The molecule has 0 radical (unpaired) electrons. The van der Waals surface area contributed by atoms with Crippen LogP contribution in [0.25, 0.3) is 0 Å². The summed E-state index contributed by atoms with van der Waals surface area (Å²) in [6.07, 6.45) is 6.03. The number of methoxy groups -OCH3 is 1. The van der Waals surface area contributed by atoms with Crippen LogP contribution in [0.2, 0.25) is 0 Å². The van der Waals surface area contributed by atoms with Crippen molar-refractivity contribution in [2.75, 3.05) is 26.8 Å². The van der Waals surface area contributed by atoms with Gasteiger partial charge in [0.25, 0.3) is 0 Å². The third-order valence-electron chi connectivity index (χ3n) is 6.22. The average Bonchev–Trinajstić information content (AvgIpc) is 3.15. The first-order valence-corrected chi connectivity index (χ1v) is 9.80. The van der Waals surface area contributed by atoms with Crippen molar-refractivity contribution in [2.45, 2.75) is 52.0 Å². The summed E-state index contributed by atoms with van der Waals surface area (Å²) in [4.78, 5) is 15.2.